The van der Waals surface area contributed by atoms with Gasteiger partial charge in [0.25, 0.3) is 5.69 Å². The van der Waals surface area contributed by atoms with E-state index >= 15 is 0 Å². The van der Waals surface area contributed by atoms with Crippen molar-refractivity contribution in [2.75, 3.05) is 39.3 Å². The van der Waals surface area contributed by atoms with Gasteiger partial charge in [-0.3, -0.25) is 10.1 Å². The number of aromatic nitrogens is 1. The first-order chi connectivity index (χ1) is 11.7. The highest BCUT2D eigenvalue weighted by molar-refractivity contribution is 5.60. The minimum atomic E-state index is -0.406. The van der Waals surface area contributed by atoms with Gasteiger partial charge in [-0.2, -0.15) is 0 Å². The Bertz CT molecular complexity index is 693. The topological polar surface area (TPSA) is 75.7 Å². The first-order valence-corrected chi connectivity index (χ1v) is 8.30. The van der Waals surface area contributed by atoms with Crippen LogP contribution in [0.25, 0.3) is 11.3 Å². The van der Waals surface area contributed by atoms with Crippen LogP contribution in [0, 0.1) is 10.1 Å². The second kappa shape index (κ2) is 7.55. The summed E-state index contributed by atoms with van der Waals surface area (Å²) < 4.78 is 5.77. The van der Waals surface area contributed by atoms with Crippen LogP contribution >= 0.6 is 0 Å². The lowest BCUT2D eigenvalue weighted by Gasteiger charge is -2.33. The summed E-state index contributed by atoms with van der Waals surface area (Å²) in [7, 11) is 0. The van der Waals surface area contributed by atoms with Crippen LogP contribution < -0.4 is 0 Å². The van der Waals surface area contributed by atoms with E-state index in [1.807, 2.05) is 0 Å². The summed E-state index contributed by atoms with van der Waals surface area (Å²) >= 11 is 0. The molecule has 0 spiro atoms. The molecule has 128 valence electrons. The minimum Gasteiger partial charge on any atom is -0.441 e. The van der Waals surface area contributed by atoms with Crippen molar-refractivity contribution in [1.29, 1.82) is 0 Å². The molecule has 0 N–H and O–H groups in total. The van der Waals surface area contributed by atoms with Crippen molar-refractivity contribution >= 4 is 5.69 Å². The van der Waals surface area contributed by atoms with Crippen LogP contribution in [0.5, 0.6) is 0 Å². The number of oxazole rings is 1. The second-order valence-electron chi connectivity index (χ2n) is 5.95. The minimum absolute atomic E-state index is 0.0549. The van der Waals surface area contributed by atoms with Crippen molar-refractivity contribution in [2.45, 2.75) is 13.3 Å². The van der Waals surface area contributed by atoms with E-state index in [9.17, 15) is 10.1 Å². The number of nitrogens with zero attached hydrogens (tertiary/aromatic N) is 4. The Balaban J connectivity index is 1.58. The van der Waals surface area contributed by atoms with Gasteiger partial charge in [0, 0.05) is 56.8 Å². The molecule has 24 heavy (non-hydrogen) atoms. The van der Waals surface area contributed by atoms with Gasteiger partial charge < -0.3 is 14.2 Å². The number of piperazine rings is 1. The summed E-state index contributed by atoms with van der Waals surface area (Å²) in [6.07, 6.45) is 2.39. The molecule has 0 unspecified atom stereocenters. The molecule has 1 fully saturated rings. The number of nitro groups is 1. The van der Waals surface area contributed by atoms with E-state index in [0.29, 0.717) is 17.2 Å². The van der Waals surface area contributed by atoms with E-state index in [-0.39, 0.29) is 5.69 Å². The number of nitro benzene ring substituents is 1. The fraction of sp³-hybridized carbons (Fsp3) is 0.471. The molecule has 1 aromatic heterocycles. The molecule has 2 heterocycles. The number of non-ortho nitro benzene ring substituents is 1. The van der Waals surface area contributed by atoms with Gasteiger partial charge in [-0.1, -0.05) is 19.1 Å². The summed E-state index contributed by atoms with van der Waals surface area (Å²) in [5.41, 5.74) is 0.735. The number of hydrogen-bond acceptors (Lipinski definition) is 6. The Morgan fingerprint density at radius 3 is 2.71 bits per heavy atom. The fourth-order valence-corrected chi connectivity index (χ4v) is 2.91. The average molecular weight is 330 g/mol. The summed E-state index contributed by atoms with van der Waals surface area (Å²) in [5.74, 6) is 1.25. The molecule has 1 aliphatic rings. The molecule has 2 aromatic rings. The van der Waals surface area contributed by atoms with E-state index < -0.39 is 4.92 Å². The van der Waals surface area contributed by atoms with Gasteiger partial charge >= 0.3 is 0 Å². The van der Waals surface area contributed by atoms with Crippen LogP contribution in [-0.2, 0) is 6.42 Å². The quantitative estimate of drug-likeness (QED) is 0.598. The Morgan fingerprint density at radius 1 is 1.25 bits per heavy atom. The van der Waals surface area contributed by atoms with E-state index in [2.05, 4.69) is 21.7 Å². The summed E-state index contributed by atoms with van der Waals surface area (Å²) in [6, 6.07) is 6.43. The highest BCUT2D eigenvalue weighted by Gasteiger charge is 2.16. The van der Waals surface area contributed by atoms with Gasteiger partial charge in [0.05, 0.1) is 11.1 Å². The van der Waals surface area contributed by atoms with Crippen LogP contribution in [-0.4, -0.2) is 59.0 Å². The fourth-order valence-electron chi connectivity index (χ4n) is 2.91. The van der Waals surface area contributed by atoms with Crippen LogP contribution in [0.15, 0.2) is 34.9 Å². The van der Waals surface area contributed by atoms with Gasteiger partial charge in [0.1, 0.15) is 0 Å². The van der Waals surface area contributed by atoms with Crippen LogP contribution in [0.2, 0.25) is 0 Å². The molecule has 0 bridgehead atoms. The smallest absolute Gasteiger partial charge is 0.270 e. The van der Waals surface area contributed by atoms with Crippen molar-refractivity contribution in [2.24, 2.45) is 0 Å². The third-order valence-corrected chi connectivity index (χ3v) is 4.45. The Morgan fingerprint density at radius 2 is 2.00 bits per heavy atom. The molecule has 0 atom stereocenters. The molecular weight excluding hydrogens is 308 g/mol. The van der Waals surface area contributed by atoms with Crippen molar-refractivity contribution < 1.29 is 9.34 Å². The molecule has 1 aliphatic heterocycles. The average Bonchev–Trinajstić information content (AvgIpc) is 3.09. The van der Waals surface area contributed by atoms with Gasteiger partial charge in [0.15, 0.2) is 11.7 Å². The zero-order valence-electron chi connectivity index (χ0n) is 13.9. The van der Waals surface area contributed by atoms with Crippen LogP contribution in [0.3, 0.4) is 0 Å². The highest BCUT2D eigenvalue weighted by Crippen LogP contribution is 2.24. The molecule has 0 aliphatic carbocycles. The molecule has 0 amide bonds. The number of benzene rings is 1. The molecular formula is C17H22N4O3. The highest BCUT2D eigenvalue weighted by atomic mass is 16.6. The molecule has 3 rings (SSSR count). The maximum Gasteiger partial charge on any atom is 0.270 e. The molecule has 7 nitrogen and oxygen atoms in total. The van der Waals surface area contributed by atoms with Gasteiger partial charge in [-0.15, -0.1) is 0 Å². The van der Waals surface area contributed by atoms with Crippen molar-refractivity contribution in [3.8, 4) is 11.3 Å². The zero-order valence-corrected chi connectivity index (χ0v) is 13.9. The van der Waals surface area contributed by atoms with E-state index in [0.717, 1.165) is 45.7 Å². The van der Waals surface area contributed by atoms with E-state index in [1.54, 1.807) is 18.3 Å². The third kappa shape index (κ3) is 3.98. The lowest BCUT2D eigenvalue weighted by molar-refractivity contribution is -0.384. The van der Waals surface area contributed by atoms with E-state index in [1.165, 1.54) is 12.1 Å². The van der Waals surface area contributed by atoms with Gasteiger partial charge in [0.2, 0.25) is 0 Å². The predicted octanol–water partition coefficient (Wildman–Crippen LogP) is 2.43. The van der Waals surface area contributed by atoms with Crippen molar-refractivity contribution in [3.05, 3.63) is 46.5 Å². The molecule has 7 heteroatoms. The van der Waals surface area contributed by atoms with E-state index in [4.69, 9.17) is 4.42 Å². The molecule has 0 radical (unpaired) electrons. The number of hydrogen-bond donors (Lipinski definition) is 0. The second-order valence-corrected chi connectivity index (χ2v) is 5.95. The first kappa shape index (κ1) is 16.6. The van der Waals surface area contributed by atoms with Crippen LogP contribution in [0.1, 0.15) is 12.8 Å². The first-order valence-electron chi connectivity index (χ1n) is 8.30. The standard InChI is InChI=1S/C17H22N4O3/c1-2-19-8-10-20(11-9-19)7-6-17-18-13-16(24-17)14-4-3-5-15(12-14)21(22)23/h3-5,12-13H,2,6-11H2,1H3. The summed E-state index contributed by atoms with van der Waals surface area (Å²) in [6.45, 7) is 8.60. The maximum atomic E-state index is 10.9. The monoisotopic (exact) mass is 330 g/mol. The number of rotatable bonds is 6. The van der Waals surface area contributed by atoms with Gasteiger partial charge in [-0.05, 0) is 6.54 Å². The molecule has 1 saturated heterocycles. The Kier molecular flexibility index (Phi) is 5.22. The largest absolute Gasteiger partial charge is 0.441 e. The van der Waals surface area contributed by atoms with Crippen molar-refractivity contribution in [1.82, 2.24) is 14.8 Å². The lowest BCUT2D eigenvalue weighted by Crippen LogP contribution is -2.46. The SMILES string of the molecule is CCN1CCN(CCc2ncc(-c3cccc([N+](=O)[O-])c3)o2)CC1. The maximum absolute atomic E-state index is 10.9. The summed E-state index contributed by atoms with van der Waals surface area (Å²) in [4.78, 5) is 19.6. The molecule has 1 aromatic carbocycles. The van der Waals surface area contributed by atoms with Crippen LogP contribution in [0.4, 0.5) is 5.69 Å². The predicted molar refractivity (Wildman–Crippen MR) is 90.9 cm³/mol. The Labute approximate surface area is 141 Å². The lowest BCUT2D eigenvalue weighted by atomic mass is 10.2. The third-order valence-electron chi connectivity index (χ3n) is 4.45. The Hall–Kier alpha value is -2.25. The van der Waals surface area contributed by atoms with Gasteiger partial charge in [-0.25, -0.2) is 4.98 Å². The normalized spacial score (nSPS) is 16.4. The molecule has 0 saturated carbocycles. The summed E-state index contributed by atoms with van der Waals surface area (Å²) in [5, 5.41) is 10.9. The zero-order chi connectivity index (χ0) is 16.9. The number of likely N-dealkylation sites (N-methyl/N-ethyl adjacent to an activating group) is 1. The van der Waals surface area contributed by atoms with Crippen molar-refractivity contribution in [3.63, 3.8) is 0 Å².